The number of aromatic nitrogens is 1. The summed E-state index contributed by atoms with van der Waals surface area (Å²) < 4.78 is 4.88. The average molecular weight is 275 g/mol. The zero-order valence-electron chi connectivity index (χ0n) is 9.16. The van der Waals surface area contributed by atoms with Crippen molar-refractivity contribution < 1.29 is 14.3 Å². The minimum atomic E-state index is -0.480. The van der Waals surface area contributed by atoms with Crippen molar-refractivity contribution >= 4 is 39.9 Å². The van der Waals surface area contributed by atoms with E-state index < -0.39 is 5.97 Å². The number of hydrogen-bond donors (Lipinski definition) is 1. The molecule has 1 aromatic rings. The van der Waals surface area contributed by atoms with Crippen molar-refractivity contribution in [3.05, 3.63) is 23.2 Å². The van der Waals surface area contributed by atoms with Gasteiger partial charge in [0, 0.05) is 0 Å². The predicted molar refractivity (Wildman–Crippen MR) is 66.7 cm³/mol. The zero-order valence-corrected chi connectivity index (χ0v) is 10.7. The topological polar surface area (TPSA) is 68.3 Å². The number of carbonyl (C=O) groups is 2. The lowest BCUT2D eigenvalue weighted by molar-refractivity contribution is -0.113. The number of nitrogens with one attached hydrogen (secondary N) is 1. The van der Waals surface area contributed by atoms with E-state index in [-0.39, 0.29) is 18.4 Å². The predicted octanol–water partition coefficient (Wildman–Crippen LogP) is 1.97. The molecule has 0 saturated carbocycles. The van der Waals surface area contributed by atoms with Gasteiger partial charge in [-0.05, 0) is 6.92 Å². The van der Waals surface area contributed by atoms with E-state index in [1.165, 1.54) is 6.08 Å². The molecule has 7 heteroatoms. The number of anilines is 1. The lowest BCUT2D eigenvalue weighted by Crippen LogP contribution is -2.12. The first-order valence-corrected chi connectivity index (χ1v) is 6.04. The lowest BCUT2D eigenvalue weighted by Gasteiger charge is -1.98. The minimum absolute atomic E-state index is 0.138. The molecule has 0 unspecified atom stereocenters. The molecule has 1 heterocycles. The third-order valence-electron chi connectivity index (χ3n) is 1.68. The monoisotopic (exact) mass is 274 g/mol. The van der Waals surface area contributed by atoms with Crippen LogP contribution in [0.5, 0.6) is 0 Å². The second-order valence-corrected chi connectivity index (χ2v) is 4.27. The number of hydrogen-bond acceptors (Lipinski definition) is 5. The van der Waals surface area contributed by atoms with Gasteiger partial charge in [0.05, 0.1) is 5.69 Å². The molecule has 0 aliphatic rings. The van der Waals surface area contributed by atoms with Crippen LogP contribution in [0.25, 0.3) is 0 Å². The van der Waals surface area contributed by atoms with Crippen LogP contribution >= 0.6 is 22.9 Å². The molecule has 0 aliphatic carbocycles. The zero-order chi connectivity index (χ0) is 12.8. The first-order valence-electron chi connectivity index (χ1n) is 4.69. The van der Waals surface area contributed by atoms with Crippen LogP contribution in [-0.4, -0.2) is 29.3 Å². The second kappa shape index (κ2) is 6.36. The molecule has 92 valence electrons. The number of nitrogens with zero attached hydrogens (tertiary/aromatic N) is 1. The van der Waals surface area contributed by atoms with Crippen molar-refractivity contribution in [1.82, 2.24) is 4.98 Å². The molecule has 17 heavy (non-hydrogen) atoms. The van der Waals surface area contributed by atoms with E-state index in [9.17, 15) is 9.59 Å². The van der Waals surface area contributed by atoms with Gasteiger partial charge in [-0.15, -0.1) is 11.6 Å². The number of halogens is 1. The summed E-state index contributed by atoms with van der Waals surface area (Å²) in [4.78, 5) is 27.0. The Morgan fingerprint density at radius 1 is 1.65 bits per heavy atom. The Bertz CT molecular complexity index is 445. The normalized spacial score (nSPS) is 9.76. The molecule has 0 aliphatic heterocycles. The SMILES string of the molecule is C=CCOC(=O)c1sc(NC(=O)CCl)nc1C. The maximum Gasteiger partial charge on any atom is 0.350 e. The Kier molecular flexibility index (Phi) is 5.11. The molecule has 0 bridgehead atoms. The highest BCUT2D eigenvalue weighted by molar-refractivity contribution is 7.17. The average Bonchev–Trinajstić information content (AvgIpc) is 2.67. The molecule has 1 amide bonds. The number of esters is 1. The van der Waals surface area contributed by atoms with Gasteiger partial charge >= 0.3 is 5.97 Å². The summed E-state index contributed by atoms with van der Waals surface area (Å²) in [5.41, 5.74) is 0.508. The van der Waals surface area contributed by atoms with E-state index in [2.05, 4.69) is 16.9 Å². The quantitative estimate of drug-likeness (QED) is 0.506. The van der Waals surface area contributed by atoms with Gasteiger partial charge in [0.15, 0.2) is 5.13 Å². The standard InChI is InChI=1S/C10H11ClN2O3S/c1-3-4-16-9(15)8-6(2)12-10(17-8)13-7(14)5-11/h3H,1,4-5H2,2H3,(H,12,13,14). The first-order chi connectivity index (χ1) is 8.08. The first kappa shape index (κ1) is 13.7. The maximum atomic E-state index is 11.6. The van der Waals surface area contributed by atoms with Crippen molar-refractivity contribution in [3.8, 4) is 0 Å². The Labute approximate surface area is 107 Å². The van der Waals surface area contributed by atoms with E-state index in [1.54, 1.807) is 6.92 Å². The molecule has 0 aromatic carbocycles. The Balaban J connectivity index is 2.77. The number of aryl methyl sites for hydroxylation is 1. The van der Waals surface area contributed by atoms with Crippen molar-refractivity contribution in [2.24, 2.45) is 0 Å². The van der Waals surface area contributed by atoms with E-state index in [0.717, 1.165) is 11.3 Å². The molecule has 0 fully saturated rings. The number of amides is 1. The molecule has 0 saturated heterocycles. The summed E-state index contributed by atoms with van der Waals surface area (Å²) in [6.45, 7) is 5.25. The fourth-order valence-electron chi connectivity index (χ4n) is 0.992. The largest absolute Gasteiger partial charge is 0.457 e. The summed E-state index contributed by atoms with van der Waals surface area (Å²) in [6, 6.07) is 0. The molecule has 5 nitrogen and oxygen atoms in total. The number of carbonyl (C=O) groups excluding carboxylic acids is 2. The van der Waals surface area contributed by atoms with Gasteiger partial charge in [-0.25, -0.2) is 9.78 Å². The summed E-state index contributed by atoms with van der Waals surface area (Å²) in [6.07, 6.45) is 1.48. The Morgan fingerprint density at radius 3 is 2.94 bits per heavy atom. The van der Waals surface area contributed by atoms with Crippen molar-refractivity contribution in [2.75, 3.05) is 17.8 Å². The number of ether oxygens (including phenoxy) is 1. The van der Waals surface area contributed by atoms with E-state index in [1.807, 2.05) is 0 Å². The third kappa shape index (κ3) is 3.83. The lowest BCUT2D eigenvalue weighted by atomic mass is 10.4. The van der Waals surface area contributed by atoms with Crippen LogP contribution in [0, 0.1) is 6.92 Å². The Morgan fingerprint density at radius 2 is 2.35 bits per heavy atom. The Hall–Kier alpha value is -1.40. The summed E-state index contributed by atoms with van der Waals surface area (Å²) in [5, 5.41) is 2.80. The van der Waals surface area contributed by atoms with Crippen LogP contribution in [0.15, 0.2) is 12.7 Å². The van der Waals surface area contributed by atoms with Gasteiger partial charge in [0.2, 0.25) is 5.91 Å². The van der Waals surface area contributed by atoms with Gasteiger partial charge in [-0.1, -0.05) is 24.0 Å². The maximum absolute atomic E-state index is 11.6. The van der Waals surface area contributed by atoms with Crippen LogP contribution in [0.2, 0.25) is 0 Å². The van der Waals surface area contributed by atoms with Crippen LogP contribution in [0.1, 0.15) is 15.4 Å². The van der Waals surface area contributed by atoms with Gasteiger partial charge in [-0.2, -0.15) is 0 Å². The molecule has 0 atom stereocenters. The summed E-state index contributed by atoms with van der Waals surface area (Å²) >= 11 is 6.39. The number of rotatable bonds is 5. The third-order valence-corrected chi connectivity index (χ3v) is 2.98. The fraction of sp³-hybridized carbons (Fsp3) is 0.300. The van der Waals surface area contributed by atoms with Crippen LogP contribution < -0.4 is 5.32 Å². The van der Waals surface area contributed by atoms with Crippen molar-refractivity contribution in [3.63, 3.8) is 0 Å². The molecule has 1 rings (SSSR count). The molecular weight excluding hydrogens is 264 g/mol. The smallest absolute Gasteiger partial charge is 0.350 e. The number of thiazole rings is 1. The minimum Gasteiger partial charge on any atom is -0.457 e. The van der Waals surface area contributed by atoms with Crippen molar-refractivity contribution in [2.45, 2.75) is 6.92 Å². The van der Waals surface area contributed by atoms with Crippen LogP contribution in [0.4, 0.5) is 5.13 Å². The van der Waals surface area contributed by atoms with E-state index in [4.69, 9.17) is 16.3 Å². The second-order valence-electron chi connectivity index (χ2n) is 3.00. The van der Waals surface area contributed by atoms with Crippen LogP contribution in [0.3, 0.4) is 0 Å². The van der Waals surface area contributed by atoms with E-state index in [0.29, 0.717) is 15.7 Å². The highest BCUT2D eigenvalue weighted by Gasteiger charge is 2.17. The summed E-state index contributed by atoms with van der Waals surface area (Å²) in [7, 11) is 0. The molecule has 1 N–H and O–H groups in total. The molecule has 1 aromatic heterocycles. The fourth-order valence-corrected chi connectivity index (χ4v) is 1.94. The van der Waals surface area contributed by atoms with Gasteiger partial charge < -0.3 is 10.1 Å². The molecule has 0 radical (unpaired) electrons. The molecule has 0 spiro atoms. The van der Waals surface area contributed by atoms with Gasteiger partial charge in [0.25, 0.3) is 0 Å². The van der Waals surface area contributed by atoms with Gasteiger partial charge in [-0.3, -0.25) is 4.79 Å². The van der Waals surface area contributed by atoms with E-state index >= 15 is 0 Å². The van der Waals surface area contributed by atoms with Gasteiger partial charge in [0.1, 0.15) is 17.4 Å². The summed E-state index contributed by atoms with van der Waals surface area (Å²) in [5.74, 6) is -1.01. The highest BCUT2D eigenvalue weighted by atomic mass is 35.5. The number of alkyl halides is 1. The van der Waals surface area contributed by atoms with Crippen LogP contribution in [-0.2, 0) is 9.53 Å². The van der Waals surface area contributed by atoms with Crippen molar-refractivity contribution in [1.29, 1.82) is 0 Å². The molecular formula is C10H11ClN2O3S. The highest BCUT2D eigenvalue weighted by Crippen LogP contribution is 2.23.